The summed E-state index contributed by atoms with van der Waals surface area (Å²) in [5, 5.41) is 11.5. The molecular weight excluding hydrogens is 316 g/mol. The van der Waals surface area contributed by atoms with E-state index in [9.17, 15) is 5.11 Å². The van der Waals surface area contributed by atoms with Crippen LogP contribution in [-0.4, -0.2) is 5.11 Å². The fourth-order valence-electron chi connectivity index (χ4n) is 4.82. The van der Waals surface area contributed by atoms with Crippen LogP contribution in [0.3, 0.4) is 0 Å². The van der Waals surface area contributed by atoms with Gasteiger partial charge in [-0.3, -0.25) is 0 Å². The van der Waals surface area contributed by atoms with Crippen LogP contribution in [0.1, 0.15) is 33.9 Å². The molecule has 0 heterocycles. The molecule has 0 amide bonds. The minimum Gasteiger partial charge on any atom is -0.387 e. The monoisotopic (exact) mass is 338 g/mol. The van der Waals surface area contributed by atoms with E-state index in [4.69, 9.17) is 0 Å². The van der Waals surface area contributed by atoms with Gasteiger partial charge in [0, 0.05) is 5.41 Å². The van der Waals surface area contributed by atoms with Gasteiger partial charge in [-0.25, -0.2) is 0 Å². The largest absolute Gasteiger partial charge is 0.387 e. The summed E-state index contributed by atoms with van der Waals surface area (Å²) in [4.78, 5) is 0. The Morgan fingerprint density at radius 3 is 2.27 bits per heavy atom. The summed E-state index contributed by atoms with van der Waals surface area (Å²) in [7, 11) is 0. The van der Waals surface area contributed by atoms with E-state index in [0.29, 0.717) is 0 Å². The lowest BCUT2D eigenvalue weighted by atomic mass is 9.70. The van der Waals surface area contributed by atoms with Gasteiger partial charge in [-0.2, -0.15) is 0 Å². The van der Waals surface area contributed by atoms with Crippen LogP contribution in [0.4, 0.5) is 0 Å². The van der Waals surface area contributed by atoms with Gasteiger partial charge in [0.25, 0.3) is 0 Å². The van der Waals surface area contributed by atoms with Crippen molar-refractivity contribution in [2.24, 2.45) is 5.41 Å². The van der Waals surface area contributed by atoms with Gasteiger partial charge in [0.15, 0.2) is 0 Å². The first-order valence-electron chi connectivity index (χ1n) is 9.35. The van der Waals surface area contributed by atoms with Gasteiger partial charge in [0.05, 0.1) is 6.10 Å². The molecule has 0 aliphatic heterocycles. The highest BCUT2D eigenvalue weighted by Gasteiger charge is 2.48. The minimum atomic E-state index is -0.459. The van der Waals surface area contributed by atoms with Gasteiger partial charge in [0.2, 0.25) is 0 Å². The van der Waals surface area contributed by atoms with Crippen molar-refractivity contribution in [3.63, 3.8) is 0 Å². The molecule has 26 heavy (non-hydrogen) atoms. The van der Waals surface area contributed by atoms with Crippen LogP contribution in [0.25, 0.3) is 6.08 Å². The summed E-state index contributed by atoms with van der Waals surface area (Å²) in [5.41, 5.74) is 7.45. The van der Waals surface area contributed by atoms with Crippen molar-refractivity contribution in [2.75, 3.05) is 0 Å². The molecule has 3 aromatic rings. The molecule has 0 saturated heterocycles. The zero-order chi connectivity index (χ0) is 17.6. The molecule has 1 nitrogen and oxygen atoms in total. The summed E-state index contributed by atoms with van der Waals surface area (Å²) in [6.45, 7) is 0. The maximum absolute atomic E-state index is 11.5. The lowest BCUT2D eigenvalue weighted by molar-refractivity contribution is 0.0651. The molecule has 0 radical (unpaired) electrons. The third-order valence-electron chi connectivity index (χ3n) is 6.15. The maximum Gasteiger partial charge on any atom is 0.0892 e. The van der Waals surface area contributed by atoms with Crippen LogP contribution in [0.15, 0.2) is 84.4 Å². The van der Waals surface area contributed by atoms with Crippen LogP contribution < -0.4 is 0 Å². The summed E-state index contributed by atoms with van der Waals surface area (Å²) in [6.07, 6.45) is 4.57. The molecule has 2 aliphatic carbocycles. The Balaban J connectivity index is 1.62. The average molecular weight is 338 g/mol. The second kappa shape index (κ2) is 5.96. The number of hydrogen-bond donors (Lipinski definition) is 1. The van der Waals surface area contributed by atoms with Crippen LogP contribution >= 0.6 is 0 Å². The number of aliphatic hydroxyl groups excluding tert-OH is 1. The van der Waals surface area contributed by atoms with Crippen LogP contribution in [0, 0.1) is 5.41 Å². The Morgan fingerprint density at radius 2 is 1.50 bits per heavy atom. The quantitative estimate of drug-likeness (QED) is 0.700. The molecule has 0 fully saturated rings. The van der Waals surface area contributed by atoms with E-state index >= 15 is 0 Å². The highest BCUT2D eigenvalue weighted by Crippen LogP contribution is 2.54. The average Bonchev–Trinajstić information content (AvgIpc) is 3.23. The molecule has 2 atom stereocenters. The number of fused-ring (bicyclic) bond motifs is 2. The Bertz CT molecular complexity index is 986. The number of hydrogen-bond acceptors (Lipinski definition) is 1. The summed E-state index contributed by atoms with van der Waals surface area (Å²) >= 11 is 0. The predicted molar refractivity (Wildman–Crippen MR) is 106 cm³/mol. The maximum atomic E-state index is 11.5. The van der Waals surface area contributed by atoms with Gasteiger partial charge in [-0.05, 0) is 47.1 Å². The lowest BCUT2D eigenvalue weighted by Crippen LogP contribution is -2.31. The van der Waals surface area contributed by atoms with Crippen molar-refractivity contribution in [3.8, 4) is 0 Å². The van der Waals surface area contributed by atoms with Gasteiger partial charge in [0.1, 0.15) is 0 Å². The zero-order valence-corrected chi connectivity index (χ0v) is 14.7. The van der Waals surface area contributed by atoms with Crippen molar-refractivity contribution < 1.29 is 5.11 Å². The molecule has 0 bridgehead atoms. The van der Waals surface area contributed by atoms with Gasteiger partial charge < -0.3 is 5.11 Å². The second-order valence-electron chi connectivity index (χ2n) is 7.64. The number of aliphatic hydroxyl groups is 1. The molecule has 0 spiro atoms. The first-order chi connectivity index (χ1) is 12.8. The number of benzene rings is 3. The highest BCUT2D eigenvalue weighted by molar-refractivity contribution is 5.66. The SMILES string of the molecule is O[C@H]1c2ccccc2C[C@]1(Cc1ccccc1)C1=Cc2ccccc2C1. The van der Waals surface area contributed by atoms with Crippen molar-refractivity contribution >= 4 is 6.08 Å². The van der Waals surface area contributed by atoms with Crippen LogP contribution in [0.2, 0.25) is 0 Å². The summed E-state index contributed by atoms with van der Waals surface area (Å²) < 4.78 is 0. The fraction of sp³-hybridized carbons (Fsp3) is 0.200. The lowest BCUT2D eigenvalue weighted by Gasteiger charge is -2.35. The Hall–Kier alpha value is -2.64. The normalized spacial score (nSPS) is 23.4. The van der Waals surface area contributed by atoms with E-state index in [1.54, 1.807) is 0 Å². The fourth-order valence-corrected chi connectivity index (χ4v) is 4.82. The van der Waals surface area contributed by atoms with Crippen molar-refractivity contribution in [1.29, 1.82) is 0 Å². The highest BCUT2D eigenvalue weighted by atomic mass is 16.3. The third kappa shape index (κ3) is 2.35. The van der Waals surface area contributed by atoms with Crippen LogP contribution in [0.5, 0.6) is 0 Å². The molecule has 2 aliphatic rings. The molecule has 1 heteroatoms. The molecule has 3 aromatic carbocycles. The Morgan fingerprint density at radius 1 is 0.808 bits per heavy atom. The first-order valence-corrected chi connectivity index (χ1v) is 9.35. The van der Waals surface area contributed by atoms with E-state index in [1.165, 1.54) is 27.8 Å². The second-order valence-corrected chi connectivity index (χ2v) is 7.64. The van der Waals surface area contributed by atoms with Crippen molar-refractivity contribution in [1.82, 2.24) is 0 Å². The van der Waals surface area contributed by atoms with Gasteiger partial charge in [-0.15, -0.1) is 0 Å². The summed E-state index contributed by atoms with van der Waals surface area (Å²) in [6, 6.07) is 27.6. The zero-order valence-electron chi connectivity index (χ0n) is 14.7. The van der Waals surface area contributed by atoms with Gasteiger partial charge >= 0.3 is 0 Å². The first kappa shape index (κ1) is 15.6. The smallest absolute Gasteiger partial charge is 0.0892 e. The van der Waals surface area contributed by atoms with Crippen molar-refractivity contribution in [2.45, 2.75) is 25.4 Å². The molecular formula is C25H22O. The van der Waals surface area contributed by atoms with E-state index in [-0.39, 0.29) is 5.41 Å². The molecule has 0 aromatic heterocycles. The molecule has 5 rings (SSSR count). The Kier molecular flexibility index (Phi) is 3.58. The van der Waals surface area contributed by atoms with E-state index in [1.807, 2.05) is 6.07 Å². The predicted octanol–water partition coefficient (Wildman–Crippen LogP) is 5.14. The van der Waals surface area contributed by atoms with E-state index in [2.05, 4.69) is 78.9 Å². The molecule has 0 saturated carbocycles. The topological polar surface area (TPSA) is 20.2 Å². The van der Waals surface area contributed by atoms with Gasteiger partial charge in [-0.1, -0.05) is 90.5 Å². The molecule has 128 valence electrons. The summed E-state index contributed by atoms with van der Waals surface area (Å²) in [5.74, 6) is 0. The molecule has 0 unspecified atom stereocenters. The molecule has 1 N–H and O–H groups in total. The standard InChI is InChI=1S/C25H22O/c26-24-23-13-7-6-12-21(23)17-25(24,16-18-8-2-1-3-9-18)22-14-19-10-4-5-11-20(19)15-22/h1-14,24,26H,15-17H2/t24-,25+/m0/s1. The van der Waals surface area contributed by atoms with E-state index in [0.717, 1.165) is 24.8 Å². The van der Waals surface area contributed by atoms with Crippen LogP contribution in [-0.2, 0) is 19.3 Å². The van der Waals surface area contributed by atoms with Crippen molar-refractivity contribution in [3.05, 3.63) is 112 Å². The Labute approximate surface area is 154 Å². The van der Waals surface area contributed by atoms with E-state index < -0.39 is 6.10 Å². The number of rotatable bonds is 3. The third-order valence-corrected chi connectivity index (χ3v) is 6.15. The minimum absolute atomic E-state index is 0.260.